The Hall–Kier alpha value is -1.59. The maximum Gasteiger partial charge on any atom is 0.419 e. The number of nitrogens with zero attached hydrogens (tertiary/aromatic N) is 1. The van der Waals surface area contributed by atoms with Crippen molar-refractivity contribution >= 4 is 5.91 Å². The molecule has 1 aromatic rings. The van der Waals surface area contributed by atoms with E-state index in [2.05, 4.69) is 0 Å². The molecule has 1 rings (SSSR count). The number of hydrogen-bond acceptors (Lipinski definition) is 1. The fourth-order valence-corrected chi connectivity index (χ4v) is 1.88. The van der Waals surface area contributed by atoms with Gasteiger partial charge in [-0.1, -0.05) is 6.92 Å². The highest BCUT2D eigenvalue weighted by atomic mass is 19.4. The Labute approximate surface area is 115 Å². The summed E-state index contributed by atoms with van der Waals surface area (Å²) in [7, 11) is 0. The molecule has 20 heavy (non-hydrogen) atoms. The van der Waals surface area contributed by atoms with Gasteiger partial charge < -0.3 is 4.90 Å². The van der Waals surface area contributed by atoms with E-state index in [1.54, 1.807) is 13.8 Å². The van der Waals surface area contributed by atoms with Gasteiger partial charge in [-0.05, 0) is 38.5 Å². The van der Waals surface area contributed by atoms with Crippen molar-refractivity contribution in [3.63, 3.8) is 0 Å². The van der Waals surface area contributed by atoms with Crippen LogP contribution < -0.4 is 0 Å². The zero-order valence-electron chi connectivity index (χ0n) is 11.6. The van der Waals surface area contributed by atoms with Gasteiger partial charge in [-0.2, -0.15) is 13.2 Å². The second-order valence-corrected chi connectivity index (χ2v) is 4.78. The van der Waals surface area contributed by atoms with Gasteiger partial charge in [-0.3, -0.25) is 4.79 Å². The van der Waals surface area contributed by atoms with E-state index in [0.717, 1.165) is 6.07 Å². The summed E-state index contributed by atoms with van der Waals surface area (Å²) in [6.45, 7) is 5.87. The molecule has 1 amide bonds. The van der Waals surface area contributed by atoms with Crippen molar-refractivity contribution < 1.29 is 22.4 Å². The molecule has 0 radical (unpaired) electrons. The Morgan fingerprint density at radius 3 is 2.35 bits per heavy atom. The normalized spacial score (nSPS) is 11.8. The van der Waals surface area contributed by atoms with Gasteiger partial charge >= 0.3 is 6.18 Å². The van der Waals surface area contributed by atoms with Crippen molar-refractivity contribution in [2.75, 3.05) is 6.54 Å². The van der Waals surface area contributed by atoms with Crippen molar-refractivity contribution in [2.24, 2.45) is 0 Å². The van der Waals surface area contributed by atoms with Crippen LogP contribution in [0.25, 0.3) is 0 Å². The van der Waals surface area contributed by atoms with Gasteiger partial charge in [0.2, 0.25) is 0 Å². The van der Waals surface area contributed by atoms with Crippen LogP contribution >= 0.6 is 0 Å². The lowest BCUT2D eigenvalue weighted by molar-refractivity contribution is -0.140. The van der Waals surface area contributed by atoms with E-state index < -0.39 is 23.5 Å². The van der Waals surface area contributed by atoms with Crippen LogP contribution in [-0.4, -0.2) is 23.4 Å². The van der Waals surface area contributed by atoms with Crippen LogP contribution in [0.5, 0.6) is 0 Å². The molecule has 0 aliphatic carbocycles. The van der Waals surface area contributed by atoms with Crippen molar-refractivity contribution in [1.82, 2.24) is 4.90 Å². The number of carbonyl (C=O) groups excluding carboxylic acids is 1. The summed E-state index contributed by atoms with van der Waals surface area (Å²) in [6, 6.07) is 2.20. The van der Waals surface area contributed by atoms with E-state index in [1.807, 2.05) is 6.92 Å². The summed E-state index contributed by atoms with van der Waals surface area (Å²) >= 11 is 0. The third-order valence-electron chi connectivity index (χ3n) is 2.87. The van der Waals surface area contributed by atoms with Gasteiger partial charge in [-0.15, -0.1) is 0 Å². The van der Waals surface area contributed by atoms with Crippen LogP contribution in [0.15, 0.2) is 18.2 Å². The number of hydrogen-bond donors (Lipinski definition) is 0. The quantitative estimate of drug-likeness (QED) is 0.765. The van der Waals surface area contributed by atoms with Crippen molar-refractivity contribution in [3.8, 4) is 0 Å². The zero-order valence-corrected chi connectivity index (χ0v) is 11.6. The highest BCUT2D eigenvalue weighted by Gasteiger charge is 2.35. The fraction of sp³-hybridized carbons (Fsp3) is 0.500. The minimum atomic E-state index is -4.81. The first kappa shape index (κ1) is 16.5. The highest BCUT2D eigenvalue weighted by molar-refractivity contribution is 5.94. The minimum absolute atomic E-state index is 0.137. The smallest absolute Gasteiger partial charge is 0.336 e. The summed E-state index contributed by atoms with van der Waals surface area (Å²) in [5.41, 5.74) is -1.57. The highest BCUT2D eigenvalue weighted by Crippen LogP contribution is 2.32. The summed E-state index contributed by atoms with van der Waals surface area (Å²) < 4.78 is 51.1. The Morgan fingerprint density at radius 1 is 1.30 bits per heavy atom. The molecule has 0 heterocycles. The minimum Gasteiger partial charge on any atom is -0.336 e. The van der Waals surface area contributed by atoms with Crippen LogP contribution in [0, 0.1) is 5.82 Å². The second kappa shape index (κ2) is 6.24. The Balaban J connectivity index is 3.17. The van der Waals surface area contributed by atoms with Crippen LogP contribution in [0.1, 0.15) is 43.1 Å². The van der Waals surface area contributed by atoms with Gasteiger partial charge in [0.1, 0.15) is 5.82 Å². The predicted molar refractivity (Wildman–Crippen MR) is 67.9 cm³/mol. The average Bonchev–Trinajstić information content (AvgIpc) is 2.34. The van der Waals surface area contributed by atoms with Crippen molar-refractivity contribution in [2.45, 2.75) is 39.4 Å². The first-order valence-electron chi connectivity index (χ1n) is 6.36. The zero-order chi connectivity index (χ0) is 15.5. The summed E-state index contributed by atoms with van der Waals surface area (Å²) in [5.74, 6) is -1.90. The van der Waals surface area contributed by atoms with Gasteiger partial charge in [0, 0.05) is 18.2 Å². The predicted octanol–water partition coefficient (Wildman–Crippen LogP) is 4.11. The molecule has 0 aromatic heterocycles. The maximum absolute atomic E-state index is 13.2. The van der Waals surface area contributed by atoms with Crippen molar-refractivity contribution in [3.05, 3.63) is 35.1 Å². The van der Waals surface area contributed by atoms with Crippen LogP contribution in [0.3, 0.4) is 0 Å². The van der Waals surface area contributed by atoms with Gasteiger partial charge in [-0.25, -0.2) is 4.39 Å². The summed E-state index contributed by atoms with van der Waals surface area (Å²) in [5, 5.41) is 0. The standard InChI is InChI=1S/C14H17F4NO/c1-4-7-19(9(2)3)13(20)10-5-6-12(15)11(8-10)14(16,17)18/h5-6,8-9H,4,7H2,1-3H3. The molecule has 2 nitrogen and oxygen atoms in total. The van der Waals surface area contributed by atoms with Crippen LogP contribution in [0.4, 0.5) is 17.6 Å². The van der Waals surface area contributed by atoms with Crippen molar-refractivity contribution in [1.29, 1.82) is 0 Å². The average molecular weight is 291 g/mol. The maximum atomic E-state index is 13.2. The molecule has 0 saturated carbocycles. The number of rotatable bonds is 4. The topological polar surface area (TPSA) is 20.3 Å². The van der Waals surface area contributed by atoms with Crippen LogP contribution in [0.2, 0.25) is 0 Å². The van der Waals surface area contributed by atoms with E-state index in [9.17, 15) is 22.4 Å². The Kier molecular flexibility index (Phi) is 5.14. The lowest BCUT2D eigenvalue weighted by atomic mass is 10.1. The molecule has 0 saturated heterocycles. The van der Waals surface area contributed by atoms with E-state index in [1.165, 1.54) is 4.90 Å². The molecular formula is C14H17F4NO. The van der Waals surface area contributed by atoms with E-state index in [0.29, 0.717) is 25.1 Å². The molecule has 0 fully saturated rings. The Morgan fingerprint density at radius 2 is 1.90 bits per heavy atom. The number of carbonyl (C=O) groups is 1. The molecule has 0 N–H and O–H groups in total. The molecule has 1 aromatic carbocycles. The summed E-state index contributed by atoms with van der Waals surface area (Å²) in [6.07, 6.45) is -4.12. The molecule has 0 aliphatic rings. The SMILES string of the molecule is CCCN(C(=O)c1ccc(F)c(C(F)(F)F)c1)C(C)C. The third-order valence-corrected chi connectivity index (χ3v) is 2.87. The molecule has 0 unspecified atom stereocenters. The lowest BCUT2D eigenvalue weighted by Gasteiger charge is -2.26. The monoisotopic (exact) mass is 291 g/mol. The fourth-order valence-electron chi connectivity index (χ4n) is 1.88. The largest absolute Gasteiger partial charge is 0.419 e. The number of halogens is 4. The van der Waals surface area contributed by atoms with E-state index >= 15 is 0 Å². The summed E-state index contributed by atoms with van der Waals surface area (Å²) in [4.78, 5) is 13.7. The first-order valence-corrected chi connectivity index (χ1v) is 6.36. The first-order chi connectivity index (χ1) is 9.18. The van der Waals surface area contributed by atoms with E-state index in [-0.39, 0.29) is 11.6 Å². The number of benzene rings is 1. The van der Waals surface area contributed by atoms with E-state index in [4.69, 9.17) is 0 Å². The van der Waals surface area contributed by atoms with Gasteiger partial charge in [0.25, 0.3) is 5.91 Å². The van der Waals surface area contributed by atoms with Gasteiger partial charge in [0.15, 0.2) is 0 Å². The molecule has 0 aliphatic heterocycles. The number of amides is 1. The second-order valence-electron chi connectivity index (χ2n) is 4.78. The van der Waals surface area contributed by atoms with Gasteiger partial charge in [0.05, 0.1) is 5.56 Å². The molecule has 112 valence electrons. The third kappa shape index (κ3) is 3.71. The molecule has 0 bridgehead atoms. The Bertz CT molecular complexity index is 483. The van der Waals surface area contributed by atoms with Crippen LogP contribution in [-0.2, 0) is 6.18 Å². The molecular weight excluding hydrogens is 274 g/mol. The molecule has 6 heteroatoms. The molecule has 0 atom stereocenters. The lowest BCUT2D eigenvalue weighted by Crippen LogP contribution is -2.37. The number of alkyl halides is 3. The molecule has 0 spiro atoms.